The van der Waals surface area contributed by atoms with Crippen LogP contribution >= 0.6 is 0 Å². The average Bonchev–Trinajstić information content (AvgIpc) is 3.09. The summed E-state index contributed by atoms with van der Waals surface area (Å²) in [5, 5.41) is 14.7. The SMILES string of the molecule is CNc1nc(N2CCCCCC2)ccc1C(=N)C(=O)NC1CCN(CCN2CC[C@@H](F)C2)CC1. The zero-order valence-electron chi connectivity index (χ0n) is 20.5. The van der Waals surface area contributed by atoms with Crippen molar-refractivity contribution in [3.8, 4) is 0 Å². The van der Waals surface area contributed by atoms with Gasteiger partial charge >= 0.3 is 0 Å². The van der Waals surface area contributed by atoms with Gasteiger partial charge in [-0.1, -0.05) is 12.8 Å². The van der Waals surface area contributed by atoms with E-state index in [2.05, 4.69) is 25.3 Å². The molecule has 0 spiro atoms. The molecule has 1 atom stereocenters. The number of amides is 1. The van der Waals surface area contributed by atoms with E-state index in [0.29, 0.717) is 24.3 Å². The molecule has 0 saturated carbocycles. The van der Waals surface area contributed by atoms with Gasteiger partial charge in [0.05, 0.1) is 0 Å². The third-order valence-electron chi connectivity index (χ3n) is 7.41. The van der Waals surface area contributed by atoms with E-state index in [0.717, 1.165) is 64.5 Å². The number of hydrogen-bond donors (Lipinski definition) is 3. The molecule has 9 heteroatoms. The summed E-state index contributed by atoms with van der Waals surface area (Å²) in [6.45, 7) is 7.12. The molecular formula is C25H40FN7O. The molecule has 0 aliphatic carbocycles. The summed E-state index contributed by atoms with van der Waals surface area (Å²) in [7, 11) is 1.79. The second-order valence-electron chi connectivity index (χ2n) is 9.87. The van der Waals surface area contributed by atoms with Crippen molar-refractivity contribution in [3.63, 3.8) is 0 Å². The number of aromatic nitrogens is 1. The minimum Gasteiger partial charge on any atom is -0.373 e. The Labute approximate surface area is 202 Å². The standard InChI is InChI=1S/C25H40FN7O/c1-28-24-21(6-7-22(30-24)33-11-4-2-3-5-12-33)23(27)25(34)29-20-9-14-31(15-10-20)16-17-32-13-8-19(26)18-32/h6-7,19-20,27H,2-5,8-18H2,1H3,(H,28,30)(H,29,34)/t19-/m1/s1. The maximum atomic E-state index is 13.3. The highest BCUT2D eigenvalue weighted by molar-refractivity contribution is 6.45. The molecular weight excluding hydrogens is 433 g/mol. The Kier molecular flexibility index (Phi) is 8.72. The molecule has 0 unspecified atom stereocenters. The van der Waals surface area contributed by atoms with E-state index in [1.165, 1.54) is 25.7 Å². The fourth-order valence-corrected chi connectivity index (χ4v) is 5.27. The second kappa shape index (κ2) is 11.9. The van der Waals surface area contributed by atoms with Crippen LogP contribution in [-0.2, 0) is 4.79 Å². The number of likely N-dealkylation sites (tertiary alicyclic amines) is 2. The average molecular weight is 474 g/mol. The van der Waals surface area contributed by atoms with Crippen LogP contribution in [0.25, 0.3) is 0 Å². The van der Waals surface area contributed by atoms with Crippen molar-refractivity contribution in [2.45, 2.75) is 57.2 Å². The van der Waals surface area contributed by atoms with Crippen LogP contribution in [0.5, 0.6) is 0 Å². The van der Waals surface area contributed by atoms with Gasteiger partial charge in [0.2, 0.25) is 0 Å². The predicted octanol–water partition coefficient (Wildman–Crippen LogP) is 2.50. The van der Waals surface area contributed by atoms with Crippen LogP contribution < -0.4 is 15.5 Å². The summed E-state index contributed by atoms with van der Waals surface area (Å²) in [4.78, 5) is 24.5. The van der Waals surface area contributed by atoms with Crippen molar-refractivity contribution in [3.05, 3.63) is 17.7 Å². The molecule has 1 aromatic rings. The number of anilines is 2. The Morgan fingerprint density at radius 1 is 1.03 bits per heavy atom. The molecule has 8 nitrogen and oxygen atoms in total. The normalized spacial score (nSPS) is 23.0. The third kappa shape index (κ3) is 6.44. The largest absolute Gasteiger partial charge is 0.373 e. The van der Waals surface area contributed by atoms with Crippen LogP contribution in [0.3, 0.4) is 0 Å². The quantitative estimate of drug-likeness (QED) is 0.503. The fourth-order valence-electron chi connectivity index (χ4n) is 5.27. The molecule has 3 aliphatic rings. The van der Waals surface area contributed by atoms with Crippen molar-refractivity contribution in [2.75, 3.05) is 69.6 Å². The monoisotopic (exact) mass is 473 g/mol. The molecule has 1 aromatic heterocycles. The highest BCUT2D eigenvalue weighted by Gasteiger charge is 2.26. The van der Waals surface area contributed by atoms with Crippen LogP contribution in [0.2, 0.25) is 0 Å². The number of rotatable bonds is 8. The minimum atomic E-state index is -0.666. The Morgan fingerprint density at radius 3 is 2.35 bits per heavy atom. The minimum absolute atomic E-state index is 0.0449. The Bertz CT molecular complexity index is 835. The zero-order chi connectivity index (χ0) is 23.9. The van der Waals surface area contributed by atoms with E-state index in [1.54, 1.807) is 7.05 Å². The number of carbonyl (C=O) groups is 1. The lowest BCUT2D eigenvalue weighted by atomic mass is 10.0. The van der Waals surface area contributed by atoms with Crippen LogP contribution in [0, 0.1) is 5.41 Å². The van der Waals surface area contributed by atoms with E-state index < -0.39 is 6.17 Å². The molecule has 3 saturated heterocycles. The smallest absolute Gasteiger partial charge is 0.270 e. The summed E-state index contributed by atoms with van der Waals surface area (Å²) in [6.07, 6.45) is 6.60. The maximum absolute atomic E-state index is 13.3. The Balaban J connectivity index is 1.26. The highest BCUT2D eigenvalue weighted by atomic mass is 19.1. The number of halogens is 1. The van der Waals surface area contributed by atoms with Gasteiger partial charge in [0.25, 0.3) is 5.91 Å². The van der Waals surface area contributed by atoms with Crippen molar-refractivity contribution in [1.82, 2.24) is 20.1 Å². The predicted molar refractivity (Wildman–Crippen MR) is 135 cm³/mol. The molecule has 188 valence electrons. The number of pyridine rings is 1. The zero-order valence-corrected chi connectivity index (χ0v) is 20.5. The van der Waals surface area contributed by atoms with Crippen LogP contribution in [0.15, 0.2) is 12.1 Å². The van der Waals surface area contributed by atoms with E-state index in [1.807, 2.05) is 12.1 Å². The topological polar surface area (TPSA) is 87.6 Å². The van der Waals surface area contributed by atoms with Crippen molar-refractivity contribution in [1.29, 1.82) is 5.41 Å². The molecule has 3 fully saturated rings. The van der Waals surface area contributed by atoms with Gasteiger partial charge in [-0.05, 0) is 44.2 Å². The first-order valence-corrected chi connectivity index (χ1v) is 13.0. The van der Waals surface area contributed by atoms with E-state index in [4.69, 9.17) is 10.4 Å². The Morgan fingerprint density at radius 2 is 1.71 bits per heavy atom. The van der Waals surface area contributed by atoms with Crippen molar-refractivity contribution < 1.29 is 9.18 Å². The highest BCUT2D eigenvalue weighted by Crippen LogP contribution is 2.23. The van der Waals surface area contributed by atoms with Gasteiger partial charge in [-0.25, -0.2) is 9.37 Å². The van der Waals surface area contributed by atoms with Gasteiger partial charge in [0, 0.05) is 71.0 Å². The molecule has 3 N–H and O–H groups in total. The van der Waals surface area contributed by atoms with E-state index in [9.17, 15) is 9.18 Å². The van der Waals surface area contributed by atoms with Gasteiger partial charge < -0.3 is 20.4 Å². The van der Waals surface area contributed by atoms with E-state index >= 15 is 0 Å². The van der Waals surface area contributed by atoms with Gasteiger partial charge in [0.15, 0.2) is 0 Å². The molecule has 4 rings (SSSR count). The molecule has 1 amide bonds. The number of alkyl halides is 1. The molecule has 0 aromatic carbocycles. The number of carbonyl (C=O) groups excluding carboxylic acids is 1. The van der Waals surface area contributed by atoms with E-state index in [-0.39, 0.29) is 17.7 Å². The molecule has 4 heterocycles. The number of piperidine rings is 1. The number of nitrogens with zero attached hydrogens (tertiary/aromatic N) is 4. The first-order chi connectivity index (χ1) is 16.5. The molecule has 0 bridgehead atoms. The first kappa shape index (κ1) is 24.9. The summed E-state index contributed by atoms with van der Waals surface area (Å²) in [5.74, 6) is 1.14. The molecule has 0 radical (unpaired) electrons. The van der Waals surface area contributed by atoms with Gasteiger partial charge in [-0.2, -0.15) is 0 Å². The lowest BCUT2D eigenvalue weighted by Crippen LogP contribution is -2.47. The first-order valence-electron chi connectivity index (χ1n) is 13.0. The number of hydrogen-bond acceptors (Lipinski definition) is 7. The Hall–Kier alpha value is -2.26. The number of nitrogens with one attached hydrogen (secondary N) is 3. The second-order valence-corrected chi connectivity index (χ2v) is 9.87. The van der Waals surface area contributed by atoms with Gasteiger partial charge in [-0.15, -0.1) is 0 Å². The molecule has 34 heavy (non-hydrogen) atoms. The van der Waals surface area contributed by atoms with Crippen molar-refractivity contribution >= 4 is 23.3 Å². The van der Waals surface area contributed by atoms with Gasteiger partial charge in [0.1, 0.15) is 23.5 Å². The van der Waals surface area contributed by atoms with Gasteiger partial charge in [-0.3, -0.25) is 15.1 Å². The summed E-state index contributed by atoms with van der Waals surface area (Å²) >= 11 is 0. The lowest BCUT2D eigenvalue weighted by Gasteiger charge is -2.33. The van der Waals surface area contributed by atoms with Crippen LogP contribution in [0.4, 0.5) is 16.0 Å². The van der Waals surface area contributed by atoms with Crippen molar-refractivity contribution in [2.24, 2.45) is 0 Å². The van der Waals surface area contributed by atoms with Crippen LogP contribution in [-0.4, -0.2) is 98.0 Å². The lowest BCUT2D eigenvalue weighted by molar-refractivity contribution is -0.115. The third-order valence-corrected chi connectivity index (χ3v) is 7.41. The summed E-state index contributed by atoms with van der Waals surface area (Å²) in [6, 6.07) is 3.87. The van der Waals surface area contributed by atoms with Crippen LogP contribution in [0.1, 0.15) is 50.5 Å². The fraction of sp³-hybridized carbons (Fsp3) is 0.720. The summed E-state index contributed by atoms with van der Waals surface area (Å²) in [5.41, 5.74) is 0.490. The maximum Gasteiger partial charge on any atom is 0.270 e. The molecule has 3 aliphatic heterocycles. The summed E-state index contributed by atoms with van der Waals surface area (Å²) < 4.78 is 13.3.